The zero-order valence-electron chi connectivity index (χ0n) is 14.0. The van der Waals surface area contributed by atoms with Gasteiger partial charge >= 0.3 is 0 Å². The molecule has 0 radical (unpaired) electrons. The summed E-state index contributed by atoms with van der Waals surface area (Å²) in [4.78, 5) is 10.3. The molecule has 2 aromatic heterocycles. The fourth-order valence-corrected chi connectivity index (χ4v) is 3.51. The van der Waals surface area contributed by atoms with Crippen LogP contribution in [0.15, 0.2) is 34.0 Å². The van der Waals surface area contributed by atoms with Crippen LogP contribution in [0.25, 0.3) is 0 Å². The Kier molecular flexibility index (Phi) is 8.04. The zero-order chi connectivity index (χ0) is 15.9. The van der Waals surface area contributed by atoms with E-state index in [0.717, 1.165) is 29.7 Å². The molecule has 0 aliphatic heterocycles. The average molecular weight is 460 g/mol. The van der Waals surface area contributed by atoms with Crippen molar-refractivity contribution in [3.63, 3.8) is 0 Å². The summed E-state index contributed by atoms with van der Waals surface area (Å²) in [6.45, 7) is 3.51. The normalized spacial score (nSPS) is 15.3. The molecule has 0 unspecified atom stereocenters. The highest BCUT2D eigenvalue weighted by Gasteiger charge is 2.16. The highest BCUT2D eigenvalue weighted by atomic mass is 127. The van der Waals surface area contributed by atoms with Crippen molar-refractivity contribution in [1.82, 2.24) is 15.6 Å². The van der Waals surface area contributed by atoms with E-state index < -0.39 is 0 Å². The summed E-state index contributed by atoms with van der Waals surface area (Å²) >= 11 is 1.71. The van der Waals surface area contributed by atoms with Gasteiger partial charge in [0.2, 0.25) is 0 Å². The first-order valence-electron chi connectivity index (χ1n) is 8.28. The van der Waals surface area contributed by atoms with Gasteiger partial charge in [-0.05, 0) is 31.9 Å². The van der Waals surface area contributed by atoms with Crippen molar-refractivity contribution in [3.05, 3.63) is 40.2 Å². The van der Waals surface area contributed by atoms with E-state index in [0.29, 0.717) is 12.6 Å². The highest BCUT2D eigenvalue weighted by Crippen LogP contribution is 2.17. The number of nitrogens with one attached hydrogen (secondary N) is 2. The van der Waals surface area contributed by atoms with Gasteiger partial charge in [0.1, 0.15) is 10.8 Å². The Bertz CT molecular complexity index is 620. The number of hydrogen-bond donors (Lipinski definition) is 2. The minimum atomic E-state index is 0. The standard InChI is InChI=1S/C17H24N4OS.HI/c1-13-11-19-16(23-13)12-20-17(21-14-5-2-3-6-14)18-9-8-15-7-4-10-22-15;/h4,7,10-11,14H,2-3,5-6,8-9,12H2,1H3,(H2,18,20,21);1H. The molecule has 5 nitrogen and oxygen atoms in total. The second-order valence-electron chi connectivity index (χ2n) is 5.91. The van der Waals surface area contributed by atoms with E-state index in [1.165, 1.54) is 30.6 Å². The van der Waals surface area contributed by atoms with Crippen molar-refractivity contribution in [2.75, 3.05) is 6.54 Å². The van der Waals surface area contributed by atoms with Crippen molar-refractivity contribution in [2.24, 2.45) is 4.99 Å². The monoisotopic (exact) mass is 460 g/mol. The Morgan fingerprint density at radius 1 is 1.42 bits per heavy atom. The van der Waals surface area contributed by atoms with Gasteiger partial charge in [0.15, 0.2) is 5.96 Å². The lowest BCUT2D eigenvalue weighted by molar-refractivity contribution is 0.506. The number of furan rings is 1. The van der Waals surface area contributed by atoms with Gasteiger partial charge in [-0.2, -0.15) is 0 Å². The molecular weight excluding hydrogens is 435 g/mol. The molecule has 0 bridgehead atoms. The van der Waals surface area contributed by atoms with Crippen LogP contribution in [-0.4, -0.2) is 23.5 Å². The first kappa shape index (κ1) is 19.2. The predicted molar refractivity (Wildman–Crippen MR) is 109 cm³/mol. The maximum Gasteiger partial charge on any atom is 0.191 e. The van der Waals surface area contributed by atoms with Crippen LogP contribution in [0.1, 0.15) is 41.3 Å². The van der Waals surface area contributed by atoms with Gasteiger partial charge in [0.05, 0.1) is 12.8 Å². The molecule has 1 aliphatic carbocycles. The molecule has 3 rings (SSSR count). The summed E-state index contributed by atoms with van der Waals surface area (Å²) in [5.74, 6) is 1.88. The molecule has 0 aromatic carbocycles. The quantitative estimate of drug-likeness (QED) is 0.390. The predicted octanol–water partition coefficient (Wildman–Crippen LogP) is 3.88. The molecule has 132 valence electrons. The lowest BCUT2D eigenvalue weighted by atomic mass is 10.2. The minimum Gasteiger partial charge on any atom is -0.469 e. The second-order valence-corrected chi connectivity index (χ2v) is 7.23. The number of guanidine groups is 1. The van der Waals surface area contributed by atoms with E-state index in [1.54, 1.807) is 17.6 Å². The van der Waals surface area contributed by atoms with Crippen LogP contribution >= 0.6 is 35.3 Å². The number of hydrogen-bond acceptors (Lipinski definition) is 4. The Morgan fingerprint density at radius 3 is 2.92 bits per heavy atom. The average Bonchev–Trinajstić information content (AvgIpc) is 3.27. The van der Waals surface area contributed by atoms with E-state index in [9.17, 15) is 0 Å². The first-order valence-corrected chi connectivity index (χ1v) is 9.10. The molecule has 0 spiro atoms. The Balaban J connectivity index is 0.00000208. The second kappa shape index (κ2) is 10.0. The molecule has 0 saturated heterocycles. The topological polar surface area (TPSA) is 62.5 Å². The van der Waals surface area contributed by atoms with Gasteiger partial charge in [-0.3, -0.25) is 0 Å². The smallest absolute Gasteiger partial charge is 0.191 e. The molecule has 2 N–H and O–H groups in total. The van der Waals surface area contributed by atoms with Crippen LogP contribution in [0.3, 0.4) is 0 Å². The number of aliphatic imine (C=N–C) groups is 1. The zero-order valence-corrected chi connectivity index (χ0v) is 17.1. The van der Waals surface area contributed by atoms with Crippen molar-refractivity contribution in [3.8, 4) is 0 Å². The fourth-order valence-electron chi connectivity index (χ4n) is 2.80. The molecule has 24 heavy (non-hydrogen) atoms. The van der Waals surface area contributed by atoms with Crippen LogP contribution in [0.5, 0.6) is 0 Å². The van der Waals surface area contributed by atoms with Crippen LogP contribution < -0.4 is 10.6 Å². The lowest BCUT2D eigenvalue weighted by Crippen LogP contribution is -2.43. The summed E-state index contributed by atoms with van der Waals surface area (Å²) in [7, 11) is 0. The summed E-state index contributed by atoms with van der Waals surface area (Å²) < 4.78 is 5.37. The Hall–Kier alpha value is -1.09. The van der Waals surface area contributed by atoms with E-state index in [2.05, 4.69) is 22.5 Å². The molecule has 2 heterocycles. The fraction of sp³-hybridized carbons (Fsp3) is 0.529. The van der Waals surface area contributed by atoms with Crippen molar-refractivity contribution in [2.45, 2.75) is 51.6 Å². The van der Waals surface area contributed by atoms with Crippen molar-refractivity contribution >= 4 is 41.3 Å². The summed E-state index contributed by atoms with van der Waals surface area (Å²) in [6, 6.07) is 4.47. The van der Waals surface area contributed by atoms with Gasteiger partial charge in [-0.1, -0.05) is 12.8 Å². The van der Waals surface area contributed by atoms with E-state index in [-0.39, 0.29) is 24.0 Å². The van der Waals surface area contributed by atoms with Crippen molar-refractivity contribution in [1.29, 1.82) is 0 Å². The third kappa shape index (κ3) is 6.08. The summed E-state index contributed by atoms with van der Waals surface area (Å²) in [5, 5.41) is 8.03. The summed E-state index contributed by atoms with van der Waals surface area (Å²) in [6.07, 6.45) is 9.56. The molecular formula is C17H25IN4OS. The number of aryl methyl sites for hydroxylation is 1. The lowest BCUT2D eigenvalue weighted by Gasteiger charge is -2.17. The van der Waals surface area contributed by atoms with Gasteiger partial charge in [-0.15, -0.1) is 35.3 Å². The Labute approximate surface area is 164 Å². The van der Waals surface area contributed by atoms with Gasteiger partial charge in [0, 0.05) is 30.1 Å². The van der Waals surface area contributed by atoms with Crippen LogP contribution in [0, 0.1) is 6.92 Å². The van der Waals surface area contributed by atoms with E-state index in [1.807, 2.05) is 18.3 Å². The molecule has 7 heteroatoms. The number of rotatable bonds is 6. The summed E-state index contributed by atoms with van der Waals surface area (Å²) in [5.41, 5.74) is 0. The van der Waals surface area contributed by atoms with Gasteiger partial charge < -0.3 is 15.1 Å². The molecule has 2 aromatic rings. The maximum atomic E-state index is 5.37. The SMILES string of the molecule is Cc1cnc(CN=C(NCCc2ccco2)NC2CCCC2)s1.I. The molecule has 0 amide bonds. The number of halogens is 1. The van der Waals surface area contributed by atoms with Crippen LogP contribution in [-0.2, 0) is 13.0 Å². The molecule has 1 fully saturated rings. The molecule has 1 aliphatic rings. The first-order chi connectivity index (χ1) is 11.3. The number of nitrogens with zero attached hydrogens (tertiary/aromatic N) is 2. The third-order valence-corrected chi connectivity index (χ3v) is 4.88. The minimum absolute atomic E-state index is 0. The van der Waals surface area contributed by atoms with Crippen LogP contribution in [0.4, 0.5) is 0 Å². The molecule has 1 saturated carbocycles. The van der Waals surface area contributed by atoms with Gasteiger partial charge in [-0.25, -0.2) is 9.98 Å². The third-order valence-electron chi connectivity index (χ3n) is 3.98. The van der Waals surface area contributed by atoms with E-state index in [4.69, 9.17) is 9.41 Å². The van der Waals surface area contributed by atoms with Gasteiger partial charge in [0.25, 0.3) is 0 Å². The van der Waals surface area contributed by atoms with E-state index >= 15 is 0 Å². The Morgan fingerprint density at radius 2 is 2.25 bits per heavy atom. The maximum absolute atomic E-state index is 5.37. The van der Waals surface area contributed by atoms with Crippen LogP contribution in [0.2, 0.25) is 0 Å². The largest absolute Gasteiger partial charge is 0.469 e. The molecule has 0 atom stereocenters. The van der Waals surface area contributed by atoms with Crippen molar-refractivity contribution < 1.29 is 4.42 Å². The number of thiazole rings is 1. The highest BCUT2D eigenvalue weighted by molar-refractivity contribution is 14.0. The number of aromatic nitrogens is 1.